The van der Waals surface area contributed by atoms with Crippen LogP contribution in [0.25, 0.3) is 5.70 Å². The summed E-state index contributed by atoms with van der Waals surface area (Å²) in [4.78, 5) is 12.6. The second-order valence-electron chi connectivity index (χ2n) is 8.41. The molecule has 3 heterocycles. The monoisotopic (exact) mass is 445 g/mol. The number of hydrogen-bond acceptors (Lipinski definition) is 8. The first-order chi connectivity index (χ1) is 14.7. The van der Waals surface area contributed by atoms with Crippen LogP contribution in [0.2, 0.25) is 5.02 Å². The Balaban J connectivity index is 1.70. The standard InChI is InChI=1S/C22H28ClN5O3/c1-14-10-19(26-21(24)25-14)28-6-3-9-31-13-17(28)20-16(23)11-15(12-18(20)29)27-7-4-22(2,30)5-8-27/h10-13,29-30H,3-9H2,1-2H3,(H2,24,25,26). The molecule has 8 nitrogen and oxygen atoms in total. The highest BCUT2D eigenvalue weighted by Crippen LogP contribution is 2.41. The minimum absolute atomic E-state index is 0.0559. The highest BCUT2D eigenvalue weighted by atomic mass is 35.5. The summed E-state index contributed by atoms with van der Waals surface area (Å²) >= 11 is 6.70. The third-order valence-corrected chi connectivity index (χ3v) is 6.08. The second-order valence-corrected chi connectivity index (χ2v) is 8.82. The van der Waals surface area contributed by atoms with Crippen molar-refractivity contribution in [2.24, 2.45) is 0 Å². The smallest absolute Gasteiger partial charge is 0.222 e. The quantitative estimate of drug-likeness (QED) is 0.660. The predicted molar refractivity (Wildman–Crippen MR) is 122 cm³/mol. The summed E-state index contributed by atoms with van der Waals surface area (Å²) in [7, 11) is 0. The van der Waals surface area contributed by atoms with E-state index in [9.17, 15) is 10.2 Å². The first-order valence-corrected chi connectivity index (χ1v) is 10.8. The van der Waals surface area contributed by atoms with Crippen LogP contribution in [0.5, 0.6) is 5.75 Å². The predicted octanol–water partition coefficient (Wildman–Crippen LogP) is 3.30. The molecule has 4 N–H and O–H groups in total. The number of aryl methyl sites for hydroxylation is 1. The minimum atomic E-state index is -0.650. The molecule has 4 rings (SSSR count). The van der Waals surface area contributed by atoms with Crippen molar-refractivity contribution in [2.75, 3.05) is 41.8 Å². The van der Waals surface area contributed by atoms with Gasteiger partial charge in [-0.25, -0.2) is 4.98 Å². The molecule has 0 bridgehead atoms. The van der Waals surface area contributed by atoms with Crippen LogP contribution >= 0.6 is 11.6 Å². The zero-order chi connectivity index (χ0) is 22.2. The number of benzene rings is 1. The third-order valence-electron chi connectivity index (χ3n) is 5.78. The molecule has 1 fully saturated rings. The Labute approximate surface area is 186 Å². The summed E-state index contributed by atoms with van der Waals surface area (Å²) in [5, 5.41) is 21.6. The molecule has 0 saturated carbocycles. The minimum Gasteiger partial charge on any atom is -0.507 e. The number of nitrogens with zero attached hydrogens (tertiary/aromatic N) is 4. The Morgan fingerprint density at radius 3 is 2.58 bits per heavy atom. The molecule has 31 heavy (non-hydrogen) atoms. The van der Waals surface area contributed by atoms with Crippen LogP contribution in [0.1, 0.15) is 37.4 Å². The first-order valence-electron chi connectivity index (χ1n) is 10.4. The number of aromatic hydroxyl groups is 1. The maximum atomic E-state index is 11.0. The van der Waals surface area contributed by atoms with Crippen molar-refractivity contribution in [1.29, 1.82) is 0 Å². The number of piperidine rings is 1. The average Bonchev–Trinajstić information content (AvgIpc) is 2.92. The van der Waals surface area contributed by atoms with Crippen molar-refractivity contribution in [3.05, 3.63) is 40.7 Å². The van der Waals surface area contributed by atoms with Gasteiger partial charge in [-0.3, -0.25) is 0 Å². The lowest BCUT2D eigenvalue weighted by molar-refractivity contribution is 0.0351. The van der Waals surface area contributed by atoms with Gasteiger partial charge >= 0.3 is 0 Å². The number of halogens is 1. The fraction of sp³-hybridized carbons (Fsp3) is 0.455. The Morgan fingerprint density at radius 2 is 1.90 bits per heavy atom. The zero-order valence-corrected chi connectivity index (χ0v) is 18.6. The van der Waals surface area contributed by atoms with E-state index < -0.39 is 5.60 Å². The number of anilines is 3. The number of aliphatic hydroxyl groups is 1. The lowest BCUT2D eigenvalue weighted by Gasteiger charge is -2.37. The van der Waals surface area contributed by atoms with E-state index in [4.69, 9.17) is 22.1 Å². The van der Waals surface area contributed by atoms with E-state index in [0.717, 1.165) is 17.8 Å². The van der Waals surface area contributed by atoms with E-state index in [1.54, 1.807) is 12.3 Å². The third kappa shape index (κ3) is 4.65. The SMILES string of the molecule is Cc1cc(N2CCCOC=C2c2c(O)cc(N3CCC(C)(O)CC3)cc2Cl)nc(N)n1. The largest absolute Gasteiger partial charge is 0.507 e. The van der Waals surface area contributed by atoms with E-state index in [0.29, 0.717) is 61.2 Å². The van der Waals surface area contributed by atoms with Crippen LogP contribution in [-0.2, 0) is 4.74 Å². The number of ether oxygens (including phenoxy) is 1. The van der Waals surface area contributed by atoms with E-state index in [-0.39, 0.29) is 11.7 Å². The lowest BCUT2D eigenvalue weighted by atomic mass is 9.93. The Hall–Kier alpha value is -2.71. The molecule has 0 spiro atoms. The topological polar surface area (TPSA) is 108 Å². The lowest BCUT2D eigenvalue weighted by Crippen LogP contribution is -2.42. The average molecular weight is 446 g/mol. The maximum absolute atomic E-state index is 11.0. The molecular weight excluding hydrogens is 418 g/mol. The fourth-order valence-corrected chi connectivity index (χ4v) is 4.34. The number of nitrogens with two attached hydrogens (primary N) is 1. The molecule has 2 aliphatic rings. The molecule has 0 amide bonds. The van der Waals surface area contributed by atoms with Gasteiger partial charge in [0.2, 0.25) is 5.95 Å². The molecule has 0 radical (unpaired) electrons. The summed E-state index contributed by atoms with van der Waals surface area (Å²) in [6.07, 6.45) is 3.70. The molecule has 0 atom stereocenters. The van der Waals surface area contributed by atoms with Crippen LogP contribution in [0.4, 0.5) is 17.5 Å². The van der Waals surface area contributed by atoms with E-state index >= 15 is 0 Å². The van der Waals surface area contributed by atoms with Gasteiger partial charge in [0.25, 0.3) is 0 Å². The normalized spacial score (nSPS) is 18.9. The van der Waals surface area contributed by atoms with Crippen LogP contribution < -0.4 is 15.5 Å². The number of hydrogen-bond donors (Lipinski definition) is 3. The fourth-order valence-electron chi connectivity index (χ4n) is 4.03. The van der Waals surface area contributed by atoms with Gasteiger partial charge in [-0.05, 0) is 39.2 Å². The second kappa shape index (κ2) is 8.43. The molecule has 2 aliphatic heterocycles. The number of rotatable bonds is 3. The van der Waals surface area contributed by atoms with Gasteiger partial charge in [-0.15, -0.1) is 0 Å². The molecule has 2 aromatic rings. The summed E-state index contributed by atoms with van der Waals surface area (Å²) in [6.45, 7) is 6.27. The molecule has 1 saturated heterocycles. The number of phenolic OH excluding ortho intramolecular Hbond substituents is 1. The maximum Gasteiger partial charge on any atom is 0.222 e. The zero-order valence-electron chi connectivity index (χ0n) is 17.8. The van der Waals surface area contributed by atoms with Crippen LogP contribution in [0.3, 0.4) is 0 Å². The van der Waals surface area contributed by atoms with Gasteiger partial charge in [-0.2, -0.15) is 4.98 Å². The van der Waals surface area contributed by atoms with Gasteiger partial charge in [0.15, 0.2) is 0 Å². The number of nitrogen functional groups attached to an aromatic ring is 1. The van der Waals surface area contributed by atoms with Crippen LogP contribution in [0, 0.1) is 6.92 Å². The van der Waals surface area contributed by atoms with Crippen LogP contribution in [0.15, 0.2) is 24.5 Å². The van der Waals surface area contributed by atoms with Gasteiger partial charge in [0, 0.05) is 43.1 Å². The van der Waals surface area contributed by atoms with Crippen molar-refractivity contribution < 1.29 is 14.9 Å². The van der Waals surface area contributed by atoms with Crippen molar-refractivity contribution in [3.8, 4) is 5.75 Å². The Bertz CT molecular complexity index is 957. The van der Waals surface area contributed by atoms with E-state index in [2.05, 4.69) is 14.9 Å². The summed E-state index contributed by atoms with van der Waals surface area (Å²) < 4.78 is 5.67. The molecule has 0 unspecified atom stereocenters. The summed E-state index contributed by atoms with van der Waals surface area (Å²) in [6, 6.07) is 5.40. The highest BCUT2D eigenvalue weighted by Gasteiger charge is 2.29. The van der Waals surface area contributed by atoms with Crippen LogP contribution in [-0.4, -0.2) is 52.0 Å². The van der Waals surface area contributed by atoms with Gasteiger partial charge in [0.05, 0.1) is 28.5 Å². The van der Waals surface area contributed by atoms with Crippen molar-refractivity contribution >= 4 is 34.8 Å². The molecule has 1 aromatic carbocycles. The van der Waals surface area contributed by atoms with Gasteiger partial charge in [0.1, 0.15) is 17.8 Å². The first kappa shape index (κ1) is 21.5. The van der Waals surface area contributed by atoms with E-state index in [1.807, 2.05) is 30.9 Å². The number of aromatic nitrogens is 2. The molecule has 166 valence electrons. The van der Waals surface area contributed by atoms with Crippen molar-refractivity contribution in [3.63, 3.8) is 0 Å². The van der Waals surface area contributed by atoms with Crippen molar-refractivity contribution in [1.82, 2.24) is 9.97 Å². The molecule has 9 heteroatoms. The van der Waals surface area contributed by atoms with Gasteiger partial charge in [-0.1, -0.05) is 11.6 Å². The Kier molecular flexibility index (Phi) is 5.85. The van der Waals surface area contributed by atoms with Crippen molar-refractivity contribution in [2.45, 2.75) is 38.7 Å². The van der Waals surface area contributed by atoms with E-state index in [1.165, 1.54) is 0 Å². The highest BCUT2D eigenvalue weighted by molar-refractivity contribution is 6.33. The van der Waals surface area contributed by atoms with Gasteiger partial charge < -0.3 is 30.5 Å². The summed E-state index contributed by atoms with van der Waals surface area (Å²) in [5.74, 6) is 0.867. The Morgan fingerprint density at radius 1 is 1.16 bits per heavy atom. The molecular formula is C22H28ClN5O3. The number of phenols is 1. The molecule has 0 aliphatic carbocycles. The summed E-state index contributed by atoms with van der Waals surface area (Å²) in [5.41, 5.74) is 7.89. The molecule has 1 aromatic heterocycles.